The molecule has 6 nitrogen and oxygen atoms in total. The molecule has 0 aliphatic heterocycles. The van der Waals surface area contributed by atoms with Crippen LogP contribution in [0.1, 0.15) is 28.4 Å². The zero-order chi connectivity index (χ0) is 21.0. The summed E-state index contributed by atoms with van der Waals surface area (Å²) in [6.07, 6.45) is 6.19. The molecule has 0 unspecified atom stereocenters. The van der Waals surface area contributed by atoms with Gasteiger partial charge in [-0.1, -0.05) is 59.5 Å². The Labute approximate surface area is 188 Å². The summed E-state index contributed by atoms with van der Waals surface area (Å²) in [6.45, 7) is 0. The lowest BCUT2D eigenvalue weighted by Gasteiger charge is -2.06. The van der Waals surface area contributed by atoms with Crippen molar-refractivity contribution in [2.24, 2.45) is 0 Å². The lowest BCUT2D eigenvalue weighted by atomic mass is 10.1. The van der Waals surface area contributed by atoms with Crippen molar-refractivity contribution in [2.45, 2.75) is 27.5 Å². The molecular formula is C23H19N5OS2. The third-order valence-electron chi connectivity index (χ3n) is 4.90. The van der Waals surface area contributed by atoms with Gasteiger partial charge >= 0.3 is 0 Å². The molecule has 1 aliphatic carbocycles. The van der Waals surface area contributed by atoms with E-state index in [0.717, 1.165) is 26.5 Å². The van der Waals surface area contributed by atoms with Crippen molar-refractivity contribution >= 4 is 40.0 Å². The van der Waals surface area contributed by atoms with Crippen LogP contribution in [0.2, 0.25) is 0 Å². The first-order valence-electron chi connectivity index (χ1n) is 9.88. The molecule has 2 atom stereocenters. The zero-order valence-corrected chi connectivity index (χ0v) is 18.1. The second kappa shape index (κ2) is 8.87. The van der Waals surface area contributed by atoms with E-state index in [9.17, 15) is 4.79 Å². The summed E-state index contributed by atoms with van der Waals surface area (Å²) < 4.78 is 1.02. The second-order valence-corrected chi connectivity index (χ2v) is 9.54. The molecular weight excluding hydrogens is 426 g/mol. The van der Waals surface area contributed by atoms with E-state index >= 15 is 0 Å². The van der Waals surface area contributed by atoms with Crippen molar-refractivity contribution in [1.82, 2.24) is 20.3 Å². The number of anilines is 2. The van der Waals surface area contributed by atoms with Crippen LogP contribution in [0.3, 0.4) is 0 Å². The summed E-state index contributed by atoms with van der Waals surface area (Å²) in [5, 5.41) is 7.07. The molecule has 31 heavy (non-hydrogen) atoms. The molecule has 1 amide bonds. The minimum absolute atomic E-state index is 0.132. The number of nitrogens with zero attached hydrogens (tertiary/aromatic N) is 3. The molecule has 2 N–H and O–H groups in total. The van der Waals surface area contributed by atoms with E-state index in [1.807, 2.05) is 54.7 Å². The first-order valence-corrected chi connectivity index (χ1v) is 11.5. The minimum Gasteiger partial charge on any atom is -0.347 e. The predicted molar refractivity (Wildman–Crippen MR) is 123 cm³/mol. The van der Waals surface area contributed by atoms with Gasteiger partial charge in [-0.2, -0.15) is 0 Å². The van der Waals surface area contributed by atoms with Crippen LogP contribution >= 0.6 is 23.1 Å². The van der Waals surface area contributed by atoms with Gasteiger partial charge in [-0.05, 0) is 36.2 Å². The van der Waals surface area contributed by atoms with Gasteiger partial charge in [0.2, 0.25) is 0 Å². The fourth-order valence-electron chi connectivity index (χ4n) is 3.29. The van der Waals surface area contributed by atoms with E-state index in [1.54, 1.807) is 24.2 Å². The Balaban J connectivity index is 1.20. The van der Waals surface area contributed by atoms with E-state index in [4.69, 9.17) is 0 Å². The van der Waals surface area contributed by atoms with Crippen molar-refractivity contribution < 1.29 is 4.79 Å². The molecule has 1 fully saturated rings. The van der Waals surface area contributed by atoms with Crippen molar-refractivity contribution in [1.29, 1.82) is 0 Å². The van der Waals surface area contributed by atoms with Crippen LogP contribution in [0.15, 0.2) is 88.4 Å². The van der Waals surface area contributed by atoms with Gasteiger partial charge in [0.15, 0.2) is 5.13 Å². The molecule has 1 aromatic carbocycles. The van der Waals surface area contributed by atoms with Crippen LogP contribution in [0, 0.1) is 0 Å². The molecule has 5 rings (SSSR count). The van der Waals surface area contributed by atoms with E-state index in [0.29, 0.717) is 11.6 Å². The Kier molecular flexibility index (Phi) is 5.64. The van der Waals surface area contributed by atoms with Gasteiger partial charge < -0.3 is 10.6 Å². The maximum Gasteiger partial charge on any atom is 0.270 e. The highest BCUT2D eigenvalue weighted by Gasteiger charge is 2.39. The summed E-state index contributed by atoms with van der Waals surface area (Å²) in [5.74, 6) is 1.02. The standard InChI is InChI=1S/C23H19N5OS2/c29-22(27-18-13-17(18)15-6-2-1-3-7-15)19-12-16(9-11-24-19)30-21-14-26-23(31-21)28-20-8-4-5-10-25-20/h1-12,14,17-18H,13H2,(H,27,29)(H,25,26,28)/t17-,18+/m1/s1. The molecule has 1 saturated carbocycles. The topological polar surface area (TPSA) is 79.8 Å². The summed E-state index contributed by atoms with van der Waals surface area (Å²) in [6, 6.07) is 19.9. The van der Waals surface area contributed by atoms with Gasteiger partial charge in [0.05, 0.1) is 10.4 Å². The van der Waals surface area contributed by atoms with Crippen LogP contribution in [0.25, 0.3) is 0 Å². The number of benzene rings is 1. The van der Waals surface area contributed by atoms with Crippen LogP contribution < -0.4 is 10.6 Å². The minimum atomic E-state index is -0.132. The molecule has 3 aromatic heterocycles. The first-order chi connectivity index (χ1) is 15.2. The van der Waals surface area contributed by atoms with Crippen LogP contribution in [0.5, 0.6) is 0 Å². The monoisotopic (exact) mass is 445 g/mol. The van der Waals surface area contributed by atoms with Crippen LogP contribution in [-0.2, 0) is 0 Å². The third kappa shape index (κ3) is 4.92. The van der Waals surface area contributed by atoms with Gasteiger partial charge in [0.25, 0.3) is 5.91 Å². The van der Waals surface area contributed by atoms with Crippen LogP contribution in [-0.4, -0.2) is 26.9 Å². The second-order valence-electron chi connectivity index (χ2n) is 7.14. The Morgan fingerprint density at radius 2 is 1.87 bits per heavy atom. The fourth-order valence-corrected chi connectivity index (χ4v) is 5.18. The maximum absolute atomic E-state index is 12.7. The average molecular weight is 446 g/mol. The van der Waals surface area contributed by atoms with Crippen molar-refractivity contribution in [3.63, 3.8) is 0 Å². The third-order valence-corrected chi connectivity index (χ3v) is 6.91. The molecule has 1 aliphatic rings. The quantitative estimate of drug-likeness (QED) is 0.411. The van der Waals surface area contributed by atoms with E-state index in [2.05, 4.69) is 37.7 Å². The van der Waals surface area contributed by atoms with Gasteiger partial charge in [0, 0.05) is 29.2 Å². The van der Waals surface area contributed by atoms with Gasteiger partial charge in [0.1, 0.15) is 11.5 Å². The number of hydrogen-bond donors (Lipinski definition) is 2. The largest absolute Gasteiger partial charge is 0.347 e. The Morgan fingerprint density at radius 3 is 2.71 bits per heavy atom. The Morgan fingerprint density at radius 1 is 1.00 bits per heavy atom. The fraction of sp³-hybridized carbons (Fsp3) is 0.130. The van der Waals surface area contributed by atoms with Crippen LogP contribution in [0.4, 0.5) is 10.9 Å². The molecule has 0 spiro atoms. The Hall–Kier alpha value is -3.23. The maximum atomic E-state index is 12.7. The number of nitrogens with one attached hydrogen (secondary N) is 2. The number of carbonyl (C=O) groups is 1. The number of pyridine rings is 2. The highest BCUT2D eigenvalue weighted by molar-refractivity contribution is 8.01. The molecule has 0 saturated heterocycles. The summed E-state index contributed by atoms with van der Waals surface area (Å²) in [4.78, 5) is 26.5. The number of rotatable bonds is 7. The predicted octanol–water partition coefficient (Wildman–Crippen LogP) is 5.11. The zero-order valence-electron chi connectivity index (χ0n) is 16.4. The average Bonchev–Trinajstić information content (AvgIpc) is 3.44. The van der Waals surface area contributed by atoms with E-state index in [-0.39, 0.29) is 11.9 Å². The number of aromatic nitrogens is 3. The van der Waals surface area contributed by atoms with E-state index in [1.165, 1.54) is 16.9 Å². The molecule has 154 valence electrons. The highest BCUT2D eigenvalue weighted by atomic mass is 32.2. The number of carbonyl (C=O) groups excluding carboxylic acids is 1. The van der Waals surface area contributed by atoms with Crippen molar-refractivity contribution in [3.05, 3.63) is 90.5 Å². The molecule has 4 aromatic rings. The molecule has 0 radical (unpaired) electrons. The van der Waals surface area contributed by atoms with E-state index < -0.39 is 0 Å². The van der Waals surface area contributed by atoms with Crippen molar-refractivity contribution in [3.8, 4) is 0 Å². The summed E-state index contributed by atoms with van der Waals surface area (Å²) in [5.41, 5.74) is 1.70. The SMILES string of the molecule is O=C(N[C@H]1C[C@@H]1c1ccccc1)c1cc(Sc2cnc(Nc3ccccn3)s2)ccn1. The first kappa shape index (κ1) is 19.7. The van der Waals surface area contributed by atoms with Gasteiger partial charge in [-0.3, -0.25) is 9.78 Å². The number of amides is 1. The van der Waals surface area contributed by atoms with Crippen molar-refractivity contribution in [2.75, 3.05) is 5.32 Å². The normalized spacial score (nSPS) is 17.2. The van der Waals surface area contributed by atoms with Gasteiger partial charge in [-0.15, -0.1) is 0 Å². The summed E-state index contributed by atoms with van der Waals surface area (Å²) in [7, 11) is 0. The number of thiazole rings is 1. The lowest BCUT2D eigenvalue weighted by Crippen LogP contribution is -2.27. The molecule has 3 heterocycles. The lowest BCUT2D eigenvalue weighted by molar-refractivity contribution is 0.0945. The highest BCUT2D eigenvalue weighted by Crippen LogP contribution is 2.41. The van der Waals surface area contributed by atoms with Gasteiger partial charge in [-0.25, -0.2) is 9.97 Å². The smallest absolute Gasteiger partial charge is 0.270 e. The summed E-state index contributed by atoms with van der Waals surface area (Å²) >= 11 is 3.09. The Bertz CT molecular complexity index is 1180. The molecule has 8 heteroatoms. The number of hydrogen-bond acceptors (Lipinski definition) is 7. The molecule has 0 bridgehead atoms.